The molecule has 7 nitrogen and oxygen atoms in total. The van der Waals surface area contributed by atoms with Crippen LogP contribution in [-0.2, 0) is 9.59 Å². The minimum absolute atomic E-state index is 0.201. The molecule has 1 aromatic rings. The summed E-state index contributed by atoms with van der Waals surface area (Å²) in [6.07, 6.45) is 20.8. The number of hydrogen-bond donors (Lipinski definition) is 3. The minimum Gasteiger partial charge on any atom is -0.492 e. The van der Waals surface area contributed by atoms with E-state index in [4.69, 9.17) is 9.47 Å². The highest BCUT2D eigenvalue weighted by molar-refractivity contribution is 5.78. The van der Waals surface area contributed by atoms with Crippen LogP contribution in [0, 0.1) is 0 Å². The second-order valence-electron chi connectivity index (χ2n) is 9.59. The van der Waals surface area contributed by atoms with Crippen molar-refractivity contribution in [2.75, 3.05) is 0 Å². The largest absolute Gasteiger partial charge is 0.492 e. The van der Waals surface area contributed by atoms with E-state index in [-0.39, 0.29) is 24.3 Å². The lowest BCUT2D eigenvalue weighted by Crippen LogP contribution is -2.11. The van der Waals surface area contributed by atoms with E-state index in [1.807, 2.05) is 0 Å². The number of aromatic amines is 1. The Balaban J connectivity index is 2.27. The Morgan fingerprint density at radius 1 is 0.543 bits per heavy atom. The number of aromatic nitrogens is 1. The number of nitrogens with one attached hydrogen (secondary N) is 1. The topological polar surface area (TPSA) is 109 Å². The summed E-state index contributed by atoms with van der Waals surface area (Å²) in [5.74, 6) is -2.78. The van der Waals surface area contributed by atoms with Crippen molar-refractivity contribution in [1.29, 1.82) is 0 Å². The van der Waals surface area contributed by atoms with Crippen molar-refractivity contribution in [2.45, 2.75) is 142 Å². The zero-order chi connectivity index (χ0) is 25.7. The molecule has 0 spiro atoms. The quantitative estimate of drug-likeness (QED) is 0.111. The molecular formula is C28H49NO6. The Bertz CT molecular complexity index is 643. The van der Waals surface area contributed by atoms with Crippen LogP contribution in [0.15, 0.2) is 0 Å². The van der Waals surface area contributed by atoms with E-state index < -0.39 is 23.7 Å². The molecule has 0 saturated heterocycles. The van der Waals surface area contributed by atoms with Gasteiger partial charge in [0.1, 0.15) is 0 Å². The van der Waals surface area contributed by atoms with Gasteiger partial charge in [0, 0.05) is 12.8 Å². The Morgan fingerprint density at radius 3 is 1.14 bits per heavy atom. The maximum Gasteiger partial charge on any atom is 0.311 e. The second kappa shape index (κ2) is 20.1. The van der Waals surface area contributed by atoms with E-state index in [0.717, 1.165) is 25.7 Å². The number of unbranched alkanes of at least 4 members (excludes halogenated alkanes) is 16. The van der Waals surface area contributed by atoms with Crippen LogP contribution in [0.2, 0.25) is 0 Å². The fourth-order valence-corrected chi connectivity index (χ4v) is 4.12. The molecule has 0 aliphatic heterocycles. The minimum atomic E-state index is -0.534. The number of rotatable bonds is 22. The molecule has 0 atom stereocenters. The van der Waals surface area contributed by atoms with E-state index in [1.165, 1.54) is 77.0 Å². The van der Waals surface area contributed by atoms with E-state index >= 15 is 0 Å². The molecule has 0 radical (unpaired) electrons. The van der Waals surface area contributed by atoms with Crippen LogP contribution in [0.5, 0.6) is 23.3 Å². The summed E-state index contributed by atoms with van der Waals surface area (Å²) in [7, 11) is 0. The van der Waals surface area contributed by atoms with Crippen molar-refractivity contribution in [3.8, 4) is 23.3 Å². The first-order valence-corrected chi connectivity index (χ1v) is 14.0. The summed E-state index contributed by atoms with van der Waals surface area (Å²) in [6.45, 7) is 4.42. The van der Waals surface area contributed by atoms with Crippen LogP contribution < -0.4 is 9.47 Å². The lowest BCUT2D eigenvalue weighted by molar-refractivity contribution is -0.137. The summed E-state index contributed by atoms with van der Waals surface area (Å²) >= 11 is 0. The average molecular weight is 496 g/mol. The first-order chi connectivity index (χ1) is 17.0. The van der Waals surface area contributed by atoms with Crippen molar-refractivity contribution in [3.05, 3.63) is 0 Å². The van der Waals surface area contributed by atoms with E-state index in [2.05, 4.69) is 18.8 Å². The molecule has 0 bridgehead atoms. The van der Waals surface area contributed by atoms with Gasteiger partial charge in [-0.2, -0.15) is 0 Å². The summed E-state index contributed by atoms with van der Waals surface area (Å²) in [6, 6.07) is 0. The molecule has 202 valence electrons. The standard InChI is InChI=1S/C28H49NO6/c1-3-5-7-9-11-13-15-17-19-21-23(30)34-25-26(28(33)29-27(25)32)35-24(31)22-20-18-16-14-12-10-8-6-4-2/h29,32-33H,3-22H2,1-2H3. The fraction of sp³-hybridized carbons (Fsp3) is 0.786. The molecule has 3 N–H and O–H groups in total. The Labute approximate surface area is 212 Å². The average Bonchev–Trinajstić information content (AvgIpc) is 3.08. The van der Waals surface area contributed by atoms with Gasteiger partial charge in [-0.3, -0.25) is 14.6 Å². The number of carbonyl (C=O) groups is 2. The molecule has 0 saturated carbocycles. The molecule has 0 fully saturated rings. The van der Waals surface area contributed by atoms with E-state index in [9.17, 15) is 19.8 Å². The summed E-state index contributed by atoms with van der Waals surface area (Å²) in [5, 5.41) is 19.9. The maximum absolute atomic E-state index is 12.2. The van der Waals surface area contributed by atoms with Crippen molar-refractivity contribution >= 4 is 11.9 Å². The molecule has 1 rings (SSSR count). The van der Waals surface area contributed by atoms with Gasteiger partial charge < -0.3 is 19.7 Å². The molecule has 0 unspecified atom stereocenters. The van der Waals surface area contributed by atoms with Crippen LogP contribution in [-0.4, -0.2) is 27.1 Å². The number of carbonyl (C=O) groups excluding carboxylic acids is 2. The monoisotopic (exact) mass is 495 g/mol. The summed E-state index contributed by atoms with van der Waals surface area (Å²) in [4.78, 5) is 26.7. The van der Waals surface area contributed by atoms with Gasteiger partial charge in [0.2, 0.25) is 23.3 Å². The van der Waals surface area contributed by atoms with Crippen molar-refractivity contribution in [1.82, 2.24) is 4.98 Å². The zero-order valence-corrected chi connectivity index (χ0v) is 22.2. The summed E-state index contributed by atoms with van der Waals surface area (Å²) < 4.78 is 10.4. The number of aromatic hydroxyl groups is 2. The normalized spacial score (nSPS) is 11.0. The Morgan fingerprint density at radius 2 is 0.829 bits per heavy atom. The highest BCUT2D eigenvalue weighted by Crippen LogP contribution is 2.44. The lowest BCUT2D eigenvalue weighted by atomic mass is 10.1. The lowest BCUT2D eigenvalue weighted by Gasteiger charge is -2.07. The van der Waals surface area contributed by atoms with E-state index in [1.54, 1.807) is 0 Å². The highest BCUT2D eigenvalue weighted by atomic mass is 16.6. The molecule has 1 aromatic heterocycles. The third-order valence-electron chi connectivity index (χ3n) is 6.27. The maximum atomic E-state index is 12.2. The summed E-state index contributed by atoms with van der Waals surface area (Å²) in [5.41, 5.74) is 0. The highest BCUT2D eigenvalue weighted by Gasteiger charge is 2.25. The van der Waals surface area contributed by atoms with Gasteiger partial charge in [-0.25, -0.2) is 0 Å². The van der Waals surface area contributed by atoms with Crippen LogP contribution in [0.1, 0.15) is 142 Å². The van der Waals surface area contributed by atoms with Gasteiger partial charge >= 0.3 is 11.9 Å². The third-order valence-corrected chi connectivity index (χ3v) is 6.27. The van der Waals surface area contributed by atoms with Gasteiger partial charge in [0.15, 0.2) is 0 Å². The number of hydrogen-bond acceptors (Lipinski definition) is 6. The predicted octanol–water partition coefficient (Wildman–Crippen LogP) is 8.08. The van der Waals surface area contributed by atoms with Crippen molar-refractivity contribution < 1.29 is 29.3 Å². The number of esters is 2. The first kappa shape index (κ1) is 30.9. The molecule has 0 aromatic carbocycles. The molecular weight excluding hydrogens is 446 g/mol. The Kier molecular flexibility index (Phi) is 17.7. The van der Waals surface area contributed by atoms with Crippen LogP contribution >= 0.6 is 0 Å². The van der Waals surface area contributed by atoms with Gasteiger partial charge in [-0.1, -0.05) is 117 Å². The van der Waals surface area contributed by atoms with Crippen LogP contribution in [0.4, 0.5) is 0 Å². The van der Waals surface area contributed by atoms with Gasteiger partial charge in [0.05, 0.1) is 0 Å². The molecule has 0 aliphatic carbocycles. The van der Waals surface area contributed by atoms with Crippen LogP contribution in [0.3, 0.4) is 0 Å². The smallest absolute Gasteiger partial charge is 0.311 e. The third kappa shape index (κ3) is 14.7. The molecule has 0 amide bonds. The van der Waals surface area contributed by atoms with Gasteiger partial charge in [-0.05, 0) is 12.8 Å². The Hall–Kier alpha value is -2.18. The molecule has 35 heavy (non-hydrogen) atoms. The number of H-pyrrole nitrogens is 1. The molecule has 1 heterocycles. The second-order valence-corrected chi connectivity index (χ2v) is 9.59. The molecule has 7 heteroatoms. The zero-order valence-electron chi connectivity index (χ0n) is 22.2. The molecule has 0 aliphatic rings. The predicted molar refractivity (Wildman–Crippen MR) is 139 cm³/mol. The fourth-order valence-electron chi connectivity index (χ4n) is 4.12. The first-order valence-electron chi connectivity index (χ1n) is 14.0. The van der Waals surface area contributed by atoms with E-state index in [0.29, 0.717) is 12.8 Å². The SMILES string of the molecule is CCCCCCCCCCCC(=O)Oc1c(O)[nH]c(O)c1OC(=O)CCCCCCCCCCC. The van der Waals surface area contributed by atoms with Crippen LogP contribution in [0.25, 0.3) is 0 Å². The van der Waals surface area contributed by atoms with Gasteiger partial charge in [-0.15, -0.1) is 0 Å². The number of ether oxygens (including phenoxy) is 2. The van der Waals surface area contributed by atoms with Crippen molar-refractivity contribution in [2.24, 2.45) is 0 Å². The van der Waals surface area contributed by atoms with Gasteiger partial charge in [0.25, 0.3) is 0 Å². The van der Waals surface area contributed by atoms with Crippen molar-refractivity contribution in [3.63, 3.8) is 0 Å².